The van der Waals surface area contributed by atoms with Crippen LogP contribution in [0.5, 0.6) is 0 Å². The number of hydrogen-bond acceptors (Lipinski definition) is 6. The third kappa shape index (κ3) is 7.03. The van der Waals surface area contributed by atoms with Crippen LogP contribution in [0.15, 0.2) is 0 Å². The Morgan fingerprint density at radius 3 is 2.65 bits per heavy atom. The molecule has 0 aromatic rings. The summed E-state index contributed by atoms with van der Waals surface area (Å²) in [5.74, 6) is 0. The molecule has 6 nitrogen and oxygen atoms in total. The van der Waals surface area contributed by atoms with Crippen LogP contribution in [-0.4, -0.2) is 100 Å². The zero-order valence-corrected chi connectivity index (χ0v) is 15.2. The second kappa shape index (κ2) is 9.91. The van der Waals surface area contributed by atoms with Gasteiger partial charge in [0.2, 0.25) is 0 Å². The van der Waals surface area contributed by atoms with Gasteiger partial charge in [-0.1, -0.05) is 0 Å². The average Bonchev–Trinajstić information content (AvgIpc) is 2.52. The summed E-state index contributed by atoms with van der Waals surface area (Å²) in [4.78, 5) is 4.74. The molecule has 6 heteroatoms. The fraction of sp³-hybridized carbons (Fsp3) is 1.00. The Balaban J connectivity index is 1.64. The predicted octanol–water partition coefficient (Wildman–Crippen LogP) is 0.848. The van der Waals surface area contributed by atoms with Gasteiger partial charge in [0.05, 0.1) is 57.4 Å². The van der Waals surface area contributed by atoms with Gasteiger partial charge in [-0.15, -0.1) is 0 Å². The molecular weight excluding hydrogens is 296 g/mol. The Morgan fingerprint density at radius 2 is 1.91 bits per heavy atom. The van der Waals surface area contributed by atoms with Crippen molar-refractivity contribution >= 4 is 0 Å². The van der Waals surface area contributed by atoms with E-state index in [-0.39, 0.29) is 18.3 Å². The molecule has 0 radical (unpaired) electrons. The molecule has 0 aromatic carbocycles. The SMILES string of the molecule is CC(C)OCC1CN(CC(C)OCC2COCCN2C)CCO1. The van der Waals surface area contributed by atoms with Crippen LogP contribution < -0.4 is 0 Å². The largest absolute Gasteiger partial charge is 0.378 e. The van der Waals surface area contributed by atoms with E-state index in [1.54, 1.807) is 0 Å². The first-order chi connectivity index (χ1) is 11.0. The number of morpholine rings is 2. The first-order valence-corrected chi connectivity index (χ1v) is 8.89. The molecule has 2 heterocycles. The summed E-state index contributed by atoms with van der Waals surface area (Å²) in [6.07, 6.45) is 0.650. The molecule has 2 aliphatic rings. The smallest absolute Gasteiger partial charge is 0.0935 e. The molecular formula is C17H34N2O4. The number of likely N-dealkylation sites (N-methyl/N-ethyl adjacent to an activating group) is 1. The van der Waals surface area contributed by atoms with Crippen molar-refractivity contribution in [2.24, 2.45) is 0 Å². The van der Waals surface area contributed by atoms with Gasteiger partial charge in [-0.3, -0.25) is 9.80 Å². The van der Waals surface area contributed by atoms with Crippen molar-refractivity contribution in [1.82, 2.24) is 9.80 Å². The molecule has 0 aromatic heterocycles. The zero-order valence-electron chi connectivity index (χ0n) is 15.2. The average molecular weight is 330 g/mol. The van der Waals surface area contributed by atoms with E-state index in [1.807, 2.05) is 0 Å². The number of rotatable bonds is 8. The fourth-order valence-corrected chi connectivity index (χ4v) is 2.95. The second-order valence-corrected chi connectivity index (χ2v) is 6.99. The molecule has 0 saturated carbocycles. The molecule has 0 aliphatic carbocycles. The maximum absolute atomic E-state index is 6.05. The minimum Gasteiger partial charge on any atom is -0.378 e. The molecule has 0 amide bonds. The van der Waals surface area contributed by atoms with Gasteiger partial charge < -0.3 is 18.9 Å². The Labute approximate surface area is 141 Å². The first-order valence-electron chi connectivity index (χ1n) is 8.89. The molecule has 136 valence electrons. The number of hydrogen-bond donors (Lipinski definition) is 0. The second-order valence-electron chi connectivity index (χ2n) is 6.99. The topological polar surface area (TPSA) is 43.4 Å². The van der Waals surface area contributed by atoms with Crippen LogP contribution in [0, 0.1) is 0 Å². The minimum atomic E-state index is 0.177. The van der Waals surface area contributed by atoms with Crippen LogP contribution in [0.3, 0.4) is 0 Å². The maximum Gasteiger partial charge on any atom is 0.0935 e. The molecule has 0 spiro atoms. The lowest BCUT2D eigenvalue weighted by Gasteiger charge is -2.36. The van der Waals surface area contributed by atoms with Crippen LogP contribution in [0.25, 0.3) is 0 Å². The summed E-state index contributed by atoms with van der Waals surface area (Å²) >= 11 is 0. The molecule has 23 heavy (non-hydrogen) atoms. The van der Waals surface area contributed by atoms with Gasteiger partial charge in [0.1, 0.15) is 0 Å². The number of nitrogens with zero attached hydrogens (tertiary/aromatic N) is 2. The molecule has 3 atom stereocenters. The van der Waals surface area contributed by atoms with E-state index in [9.17, 15) is 0 Å². The van der Waals surface area contributed by atoms with Gasteiger partial charge in [0, 0.05) is 26.2 Å². The Morgan fingerprint density at radius 1 is 1.09 bits per heavy atom. The third-order valence-corrected chi connectivity index (χ3v) is 4.45. The van der Waals surface area contributed by atoms with Gasteiger partial charge in [-0.25, -0.2) is 0 Å². The lowest BCUT2D eigenvalue weighted by Crippen LogP contribution is -2.49. The lowest BCUT2D eigenvalue weighted by atomic mass is 10.2. The van der Waals surface area contributed by atoms with Crippen LogP contribution in [-0.2, 0) is 18.9 Å². The molecule has 2 rings (SSSR count). The summed E-state index contributed by atoms with van der Waals surface area (Å²) in [5, 5.41) is 0. The van der Waals surface area contributed by atoms with Crippen molar-refractivity contribution in [3.8, 4) is 0 Å². The summed E-state index contributed by atoms with van der Waals surface area (Å²) in [6.45, 7) is 13.9. The normalized spacial score (nSPS) is 29.1. The van der Waals surface area contributed by atoms with Crippen LogP contribution in [0.4, 0.5) is 0 Å². The van der Waals surface area contributed by atoms with Crippen molar-refractivity contribution in [3.05, 3.63) is 0 Å². The van der Waals surface area contributed by atoms with Crippen molar-refractivity contribution in [1.29, 1.82) is 0 Å². The van der Waals surface area contributed by atoms with Crippen molar-refractivity contribution in [2.75, 3.05) is 66.3 Å². The standard InChI is InChI=1S/C17H34N2O4/c1-14(2)22-13-17-10-19(6-8-21-17)9-15(3)23-12-16-11-20-7-5-18(16)4/h14-17H,5-13H2,1-4H3. The van der Waals surface area contributed by atoms with Crippen molar-refractivity contribution in [2.45, 2.75) is 45.1 Å². The van der Waals surface area contributed by atoms with Crippen LogP contribution >= 0.6 is 0 Å². The van der Waals surface area contributed by atoms with E-state index < -0.39 is 0 Å². The highest BCUT2D eigenvalue weighted by Gasteiger charge is 2.24. The van der Waals surface area contributed by atoms with Crippen LogP contribution in [0.1, 0.15) is 20.8 Å². The Kier molecular flexibility index (Phi) is 8.23. The highest BCUT2D eigenvalue weighted by atomic mass is 16.5. The van der Waals surface area contributed by atoms with E-state index in [1.165, 1.54) is 0 Å². The van der Waals surface area contributed by atoms with Crippen molar-refractivity contribution in [3.63, 3.8) is 0 Å². The molecule has 0 N–H and O–H groups in total. The highest BCUT2D eigenvalue weighted by Crippen LogP contribution is 2.10. The van der Waals surface area contributed by atoms with Gasteiger partial charge >= 0.3 is 0 Å². The van der Waals surface area contributed by atoms with E-state index in [2.05, 4.69) is 37.6 Å². The molecule has 0 bridgehead atoms. The Bertz CT molecular complexity index is 330. The van der Waals surface area contributed by atoms with Gasteiger partial charge in [0.25, 0.3) is 0 Å². The summed E-state index contributed by atoms with van der Waals surface area (Å²) < 4.78 is 23.0. The maximum atomic E-state index is 6.05. The summed E-state index contributed by atoms with van der Waals surface area (Å²) in [6, 6.07) is 0.378. The summed E-state index contributed by atoms with van der Waals surface area (Å²) in [5.41, 5.74) is 0. The van der Waals surface area contributed by atoms with Crippen molar-refractivity contribution < 1.29 is 18.9 Å². The predicted molar refractivity (Wildman–Crippen MR) is 89.9 cm³/mol. The monoisotopic (exact) mass is 330 g/mol. The molecule has 3 unspecified atom stereocenters. The third-order valence-electron chi connectivity index (χ3n) is 4.45. The molecule has 2 saturated heterocycles. The fourth-order valence-electron chi connectivity index (χ4n) is 2.95. The van der Waals surface area contributed by atoms with E-state index in [0.29, 0.717) is 12.6 Å². The van der Waals surface area contributed by atoms with Gasteiger partial charge in [0.15, 0.2) is 0 Å². The molecule has 2 aliphatic heterocycles. The van der Waals surface area contributed by atoms with E-state index >= 15 is 0 Å². The van der Waals surface area contributed by atoms with Gasteiger partial charge in [-0.2, -0.15) is 0 Å². The summed E-state index contributed by atoms with van der Waals surface area (Å²) in [7, 11) is 2.14. The highest BCUT2D eigenvalue weighted by molar-refractivity contribution is 4.75. The number of ether oxygens (including phenoxy) is 4. The van der Waals surface area contributed by atoms with Crippen LogP contribution in [0.2, 0.25) is 0 Å². The van der Waals surface area contributed by atoms with E-state index in [0.717, 1.165) is 52.6 Å². The molecule has 2 fully saturated rings. The first kappa shape index (κ1) is 19.1. The quantitative estimate of drug-likeness (QED) is 0.657. The van der Waals surface area contributed by atoms with Gasteiger partial charge in [-0.05, 0) is 27.8 Å². The van der Waals surface area contributed by atoms with E-state index in [4.69, 9.17) is 18.9 Å². The Hall–Kier alpha value is -0.240. The zero-order chi connectivity index (χ0) is 16.7. The minimum absolute atomic E-state index is 0.177. The lowest BCUT2D eigenvalue weighted by molar-refractivity contribution is -0.0934.